The summed E-state index contributed by atoms with van der Waals surface area (Å²) in [5.74, 6) is 0.0971. The molecule has 21 heavy (non-hydrogen) atoms. The van der Waals surface area contributed by atoms with Crippen LogP contribution in [0.25, 0.3) is 0 Å². The Morgan fingerprint density at radius 2 is 1.71 bits per heavy atom. The Hall–Kier alpha value is -1.59. The van der Waals surface area contributed by atoms with Crippen LogP contribution in [0.3, 0.4) is 0 Å². The van der Waals surface area contributed by atoms with Gasteiger partial charge in [-0.1, -0.05) is 20.8 Å². The summed E-state index contributed by atoms with van der Waals surface area (Å²) >= 11 is 0. The van der Waals surface area contributed by atoms with Crippen molar-refractivity contribution in [2.45, 2.75) is 46.1 Å². The minimum Gasteiger partial charge on any atom is -0.344 e. The lowest BCUT2D eigenvalue weighted by atomic mass is 9.91. The van der Waals surface area contributed by atoms with E-state index in [9.17, 15) is 14.4 Å². The Kier molecular flexibility index (Phi) is 4.54. The van der Waals surface area contributed by atoms with Gasteiger partial charge in [-0.2, -0.15) is 0 Å². The molecule has 1 N–H and O–H groups in total. The standard InChI is InChI=1S/C15H25N3O3/c1-15(2,3)10-13(20)17-6-8-18(9-7-17)14(21)11-4-5-12(19)16-11/h11H,4-10H2,1-3H3,(H,16,19). The first kappa shape index (κ1) is 15.8. The van der Waals surface area contributed by atoms with Crippen LogP contribution in [0.15, 0.2) is 0 Å². The minimum atomic E-state index is -0.366. The van der Waals surface area contributed by atoms with Crippen molar-refractivity contribution in [3.8, 4) is 0 Å². The predicted octanol–water partition coefficient (Wildman–Crippen LogP) is 0.372. The summed E-state index contributed by atoms with van der Waals surface area (Å²) in [6.45, 7) is 8.43. The van der Waals surface area contributed by atoms with Crippen LogP contribution in [0.5, 0.6) is 0 Å². The Bertz CT molecular complexity index is 434. The number of nitrogens with zero attached hydrogens (tertiary/aromatic N) is 2. The average molecular weight is 295 g/mol. The number of rotatable bonds is 2. The molecule has 1 atom stereocenters. The van der Waals surface area contributed by atoms with E-state index < -0.39 is 0 Å². The fraction of sp³-hybridized carbons (Fsp3) is 0.800. The van der Waals surface area contributed by atoms with Crippen LogP contribution >= 0.6 is 0 Å². The third kappa shape index (κ3) is 4.19. The Balaban J connectivity index is 1.81. The van der Waals surface area contributed by atoms with Crippen molar-refractivity contribution in [1.82, 2.24) is 15.1 Å². The maximum Gasteiger partial charge on any atom is 0.245 e. The second kappa shape index (κ2) is 6.03. The number of hydrogen-bond donors (Lipinski definition) is 1. The normalized spacial score (nSPS) is 23.2. The van der Waals surface area contributed by atoms with E-state index >= 15 is 0 Å². The summed E-state index contributed by atoms with van der Waals surface area (Å²) in [7, 11) is 0. The molecule has 0 aromatic heterocycles. The monoisotopic (exact) mass is 295 g/mol. The Morgan fingerprint density at radius 1 is 1.14 bits per heavy atom. The molecule has 2 aliphatic heterocycles. The van der Waals surface area contributed by atoms with Crippen molar-refractivity contribution in [2.75, 3.05) is 26.2 Å². The van der Waals surface area contributed by atoms with Crippen LogP contribution in [0, 0.1) is 5.41 Å². The highest BCUT2D eigenvalue weighted by atomic mass is 16.2. The molecule has 3 amide bonds. The zero-order valence-corrected chi connectivity index (χ0v) is 13.1. The lowest BCUT2D eigenvalue weighted by molar-refractivity contribution is -0.141. The van der Waals surface area contributed by atoms with E-state index in [4.69, 9.17) is 0 Å². The highest BCUT2D eigenvalue weighted by Crippen LogP contribution is 2.20. The average Bonchev–Trinajstić information content (AvgIpc) is 2.83. The largest absolute Gasteiger partial charge is 0.344 e. The van der Waals surface area contributed by atoms with Crippen molar-refractivity contribution in [3.63, 3.8) is 0 Å². The number of nitrogens with one attached hydrogen (secondary N) is 1. The van der Waals surface area contributed by atoms with E-state index in [-0.39, 0.29) is 29.2 Å². The highest BCUT2D eigenvalue weighted by molar-refractivity contribution is 5.91. The first-order valence-electron chi connectivity index (χ1n) is 7.62. The molecule has 0 bridgehead atoms. The molecule has 6 heteroatoms. The molecule has 2 aliphatic rings. The van der Waals surface area contributed by atoms with Crippen LogP contribution < -0.4 is 5.32 Å². The number of carbonyl (C=O) groups excluding carboxylic acids is 3. The molecule has 2 saturated heterocycles. The summed E-state index contributed by atoms with van der Waals surface area (Å²) in [6.07, 6.45) is 1.54. The maximum atomic E-state index is 12.3. The molecule has 2 rings (SSSR count). The lowest BCUT2D eigenvalue weighted by Crippen LogP contribution is -2.54. The van der Waals surface area contributed by atoms with Crippen molar-refractivity contribution in [1.29, 1.82) is 0 Å². The number of amides is 3. The zero-order chi connectivity index (χ0) is 15.6. The molecular weight excluding hydrogens is 270 g/mol. The molecular formula is C15H25N3O3. The van der Waals surface area contributed by atoms with Gasteiger partial charge in [-0.15, -0.1) is 0 Å². The van der Waals surface area contributed by atoms with E-state index in [0.717, 1.165) is 0 Å². The zero-order valence-electron chi connectivity index (χ0n) is 13.1. The molecule has 2 heterocycles. The molecule has 6 nitrogen and oxygen atoms in total. The fourth-order valence-electron chi connectivity index (χ4n) is 2.76. The second-order valence-corrected chi connectivity index (χ2v) is 7.10. The van der Waals surface area contributed by atoms with E-state index in [1.54, 1.807) is 4.90 Å². The van der Waals surface area contributed by atoms with Gasteiger partial charge in [0.2, 0.25) is 17.7 Å². The molecule has 0 aromatic rings. The van der Waals surface area contributed by atoms with Gasteiger partial charge >= 0.3 is 0 Å². The Labute approximate surface area is 125 Å². The van der Waals surface area contributed by atoms with Crippen molar-refractivity contribution in [2.24, 2.45) is 5.41 Å². The van der Waals surface area contributed by atoms with Crippen molar-refractivity contribution in [3.05, 3.63) is 0 Å². The summed E-state index contributed by atoms with van der Waals surface area (Å²) < 4.78 is 0. The first-order valence-corrected chi connectivity index (χ1v) is 7.62. The molecule has 0 spiro atoms. The van der Waals surface area contributed by atoms with Gasteiger partial charge in [0, 0.05) is 39.0 Å². The van der Waals surface area contributed by atoms with Crippen LogP contribution in [-0.4, -0.2) is 59.7 Å². The molecule has 0 radical (unpaired) electrons. The smallest absolute Gasteiger partial charge is 0.245 e. The van der Waals surface area contributed by atoms with Gasteiger partial charge in [-0.3, -0.25) is 14.4 Å². The molecule has 0 saturated carbocycles. The van der Waals surface area contributed by atoms with Gasteiger partial charge in [0.1, 0.15) is 6.04 Å². The fourth-order valence-corrected chi connectivity index (χ4v) is 2.76. The third-order valence-corrected chi connectivity index (χ3v) is 3.92. The third-order valence-electron chi connectivity index (χ3n) is 3.92. The van der Waals surface area contributed by atoms with Gasteiger partial charge in [0.05, 0.1) is 0 Å². The van der Waals surface area contributed by atoms with Crippen LogP contribution in [0.4, 0.5) is 0 Å². The van der Waals surface area contributed by atoms with Gasteiger partial charge in [0.15, 0.2) is 0 Å². The van der Waals surface area contributed by atoms with E-state index in [1.807, 2.05) is 25.7 Å². The van der Waals surface area contributed by atoms with E-state index in [1.165, 1.54) is 0 Å². The Morgan fingerprint density at radius 3 is 2.19 bits per heavy atom. The summed E-state index contributed by atoms with van der Waals surface area (Å²) in [6, 6.07) is -0.366. The van der Waals surface area contributed by atoms with E-state index in [0.29, 0.717) is 45.4 Å². The molecule has 0 aliphatic carbocycles. The quantitative estimate of drug-likeness (QED) is 0.800. The van der Waals surface area contributed by atoms with Gasteiger partial charge in [-0.05, 0) is 11.8 Å². The SMILES string of the molecule is CC(C)(C)CC(=O)N1CCN(C(=O)C2CCC(=O)N2)CC1. The molecule has 0 aromatic carbocycles. The van der Waals surface area contributed by atoms with Crippen LogP contribution in [-0.2, 0) is 14.4 Å². The first-order chi connectivity index (χ1) is 9.76. The maximum absolute atomic E-state index is 12.3. The predicted molar refractivity (Wildman–Crippen MR) is 78.4 cm³/mol. The van der Waals surface area contributed by atoms with E-state index in [2.05, 4.69) is 5.32 Å². The van der Waals surface area contributed by atoms with Gasteiger partial charge in [-0.25, -0.2) is 0 Å². The van der Waals surface area contributed by atoms with Gasteiger partial charge < -0.3 is 15.1 Å². The lowest BCUT2D eigenvalue weighted by Gasteiger charge is -2.36. The minimum absolute atomic E-state index is 0.0104. The van der Waals surface area contributed by atoms with Gasteiger partial charge in [0.25, 0.3) is 0 Å². The van der Waals surface area contributed by atoms with Crippen molar-refractivity contribution >= 4 is 17.7 Å². The number of hydrogen-bond acceptors (Lipinski definition) is 3. The van der Waals surface area contributed by atoms with Crippen LogP contribution in [0.1, 0.15) is 40.0 Å². The molecule has 2 fully saturated rings. The van der Waals surface area contributed by atoms with Crippen LogP contribution in [0.2, 0.25) is 0 Å². The van der Waals surface area contributed by atoms with Crippen molar-refractivity contribution < 1.29 is 14.4 Å². The topological polar surface area (TPSA) is 69.7 Å². The number of carbonyl (C=O) groups is 3. The number of piperazine rings is 1. The summed E-state index contributed by atoms with van der Waals surface area (Å²) in [5, 5.41) is 2.71. The second-order valence-electron chi connectivity index (χ2n) is 7.10. The molecule has 1 unspecified atom stereocenters. The summed E-state index contributed by atoms with van der Waals surface area (Å²) in [5.41, 5.74) is -0.0157. The summed E-state index contributed by atoms with van der Waals surface area (Å²) in [4.78, 5) is 39.2. The highest BCUT2D eigenvalue weighted by Gasteiger charge is 2.33. The molecule has 118 valence electrons.